The number of aromatic nitrogens is 3. The molecule has 2 aromatic heterocycles. The lowest BCUT2D eigenvalue weighted by Gasteiger charge is -2.34. The van der Waals surface area contributed by atoms with Crippen molar-refractivity contribution in [2.24, 2.45) is 5.73 Å². The monoisotopic (exact) mass is 654 g/mol. The lowest BCUT2D eigenvalue weighted by molar-refractivity contribution is 0.0990. The number of rotatable bonds is 8. The molecule has 1 aromatic carbocycles. The summed E-state index contributed by atoms with van der Waals surface area (Å²) < 4.78 is 59.5. The van der Waals surface area contributed by atoms with Crippen molar-refractivity contribution in [2.75, 3.05) is 73.3 Å². The number of ether oxygens (including phenoxy) is 1. The number of anilines is 3. The maximum Gasteiger partial charge on any atom is 0.260 e. The van der Waals surface area contributed by atoms with Crippen LogP contribution in [0, 0.1) is 18.8 Å². The van der Waals surface area contributed by atoms with Gasteiger partial charge in [-0.15, -0.1) is 0 Å². The molecule has 2 aliphatic rings. The van der Waals surface area contributed by atoms with Crippen LogP contribution in [0.2, 0.25) is 0 Å². The highest BCUT2D eigenvalue weighted by atomic mass is 32.2. The summed E-state index contributed by atoms with van der Waals surface area (Å²) in [4.78, 5) is 30.4. The van der Waals surface area contributed by atoms with E-state index in [0.29, 0.717) is 48.4 Å². The molecule has 4 heterocycles. The highest BCUT2D eigenvalue weighted by Crippen LogP contribution is 2.32. The molecule has 238 valence electrons. The number of sulfonamides is 2. The molecule has 16 heteroatoms. The fourth-order valence-corrected chi connectivity index (χ4v) is 6.97. The molecule has 0 spiro atoms. The first-order chi connectivity index (χ1) is 21.4. The van der Waals surface area contributed by atoms with Gasteiger partial charge in [-0.2, -0.15) is 9.29 Å². The summed E-state index contributed by atoms with van der Waals surface area (Å²) in [6, 6.07) is 11.1. The Bertz CT molecular complexity index is 1880. The minimum atomic E-state index is -3.92. The number of nitrogens with zero attached hydrogens (tertiary/aromatic N) is 7. The van der Waals surface area contributed by atoms with Gasteiger partial charge >= 0.3 is 0 Å². The van der Waals surface area contributed by atoms with Crippen LogP contribution in [0.15, 0.2) is 47.5 Å². The van der Waals surface area contributed by atoms with E-state index in [4.69, 9.17) is 10.5 Å². The summed E-state index contributed by atoms with van der Waals surface area (Å²) in [5, 5.41) is -0.0951. The number of hydrogen-bond donors (Lipinski definition) is 1. The number of carbonyl (C=O) groups excluding carboxylic acids is 1. The second-order valence-corrected chi connectivity index (χ2v) is 14.4. The summed E-state index contributed by atoms with van der Waals surface area (Å²) >= 11 is 0. The van der Waals surface area contributed by atoms with Crippen LogP contribution in [0.3, 0.4) is 0 Å². The second kappa shape index (κ2) is 13.0. The van der Waals surface area contributed by atoms with Gasteiger partial charge in [-0.1, -0.05) is 24.0 Å². The summed E-state index contributed by atoms with van der Waals surface area (Å²) in [5.41, 5.74) is 7.51. The molecule has 2 N–H and O–H groups in total. The van der Waals surface area contributed by atoms with E-state index in [9.17, 15) is 21.6 Å². The number of pyridine rings is 1. The van der Waals surface area contributed by atoms with Gasteiger partial charge in [-0.05, 0) is 31.2 Å². The average Bonchev–Trinajstić information content (AvgIpc) is 3.45. The van der Waals surface area contributed by atoms with E-state index in [-0.39, 0.29) is 49.1 Å². The standard InChI is InChI=1S/C29H34N8O6S2/c1-21-20-26(43-19-7-6-13-30)33-29(31-21)35-15-17-36(18-16-35)45(41,42)27-11-10-25-23(32-27)12-14-37(25)28(38)22-8-4-5-9-24(22)34(2)44(3,39)40/h4-5,8-11,20H,12-19,30H2,1-3H3. The number of carbonyl (C=O) groups is 1. The van der Waals surface area contributed by atoms with Crippen LogP contribution >= 0.6 is 0 Å². The lowest BCUT2D eigenvalue weighted by atomic mass is 10.1. The zero-order valence-corrected chi connectivity index (χ0v) is 26.8. The smallest absolute Gasteiger partial charge is 0.260 e. The zero-order chi connectivity index (χ0) is 32.4. The molecule has 0 atom stereocenters. The van der Waals surface area contributed by atoms with Gasteiger partial charge in [-0.3, -0.25) is 9.10 Å². The summed E-state index contributed by atoms with van der Waals surface area (Å²) in [7, 11) is -6.13. The molecule has 1 saturated heterocycles. The number of aryl methyl sites for hydroxylation is 1. The van der Waals surface area contributed by atoms with Gasteiger partial charge in [0, 0.05) is 58.0 Å². The van der Waals surface area contributed by atoms with Crippen molar-refractivity contribution in [1.82, 2.24) is 19.3 Å². The number of benzene rings is 1. The number of para-hydroxylation sites is 1. The first-order valence-corrected chi connectivity index (χ1v) is 17.4. The fourth-order valence-electron chi connectivity index (χ4n) is 5.08. The van der Waals surface area contributed by atoms with E-state index < -0.39 is 26.0 Å². The molecule has 0 unspecified atom stereocenters. The van der Waals surface area contributed by atoms with Crippen molar-refractivity contribution in [2.45, 2.75) is 18.4 Å². The third-order valence-corrected chi connectivity index (χ3v) is 10.5. The van der Waals surface area contributed by atoms with Crippen molar-refractivity contribution < 1.29 is 26.4 Å². The van der Waals surface area contributed by atoms with Crippen LogP contribution in [-0.2, 0) is 26.5 Å². The van der Waals surface area contributed by atoms with E-state index in [1.807, 2.05) is 11.8 Å². The molecular weight excluding hydrogens is 621 g/mol. The van der Waals surface area contributed by atoms with Crippen molar-refractivity contribution in [3.05, 3.63) is 59.4 Å². The van der Waals surface area contributed by atoms with Gasteiger partial charge in [0.05, 0.1) is 35.4 Å². The Morgan fingerprint density at radius 2 is 1.73 bits per heavy atom. The molecule has 2 aliphatic heterocycles. The molecule has 0 radical (unpaired) electrons. The first-order valence-electron chi connectivity index (χ1n) is 14.1. The molecule has 0 saturated carbocycles. The van der Waals surface area contributed by atoms with Gasteiger partial charge in [0.25, 0.3) is 15.9 Å². The third-order valence-electron chi connectivity index (χ3n) is 7.47. The van der Waals surface area contributed by atoms with Crippen molar-refractivity contribution in [3.63, 3.8) is 0 Å². The van der Waals surface area contributed by atoms with Crippen LogP contribution in [0.25, 0.3) is 0 Å². The fraction of sp³-hybridized carbons (Fsp3) is 0.379. The number of amides is 1. The number of nitrogens with two attached hydrogens (primary N) is 1. The zero-order valence-electron chi connectivity index (χ0n) is 25.2. The highest BCUT2D eigenvalue weighted by Gasteiger charge is 2.34. The summed E-state index contributed by atoms with van der Waals surface area (Å²) in [6.45, 7) is 3.62. The molecule has 1 fully saturated rings. The third kappa shape index (κ3) is 6.86. The second-order valence-electron chi connectivity index (χ2n) is 10.5. The largest absolute Gasteiger partial charge is 0.464 e. The lowest BCUT2D eigenvalue weighted by Crippen LogP contribution is -2.49. The van der Waals surface area contributed by atoms with Crippen molar-refractivity contribution in [3.8, 4) is 17.7 Å². The molecule has 0 bridgehead atoms. The number of fused-ring (bicyclic) bond motifs is 1. The molecule has 1 amide bonds. The van der Waals surface area contributed by atoms with Gasteiger partial charge in [0.1, 0.15) is 0 Å². The van der Waals surface area contributed by atoms with Crippen LogP contribution in [0.1, 0.15) is 21.7 Å². The highest BCUT2D eigenvalue weighted by molar-refractivity contribution is 7.92. The van der Waals surface area contributed by atoms with Crippen molar-refractivity contribution >= 4 is 43.3 Å². The topological polar surface area (TPSA) is 172 Å². The predicted octanol–water partition coefficient (Wildman–Crippen LogP) is 0.631. The number of hydrogen-bond acceptors (Lipinski definition) is 11. The average molecular weight is 655 g/mol. The Balaban J connectivity index is 1.29. The first kappa shape index (κ1) is 32.1. The normalized spacial score (nSPS) is 15.3. The Morgan fingerprint density at radius 1 is 1.00 bits per heavy atom. The van der Waals surface area contributed by atoms with E-state index >= 15 is 0 Å². The SMILES string of the molecule is Cc1cc(OCC#CCN)nc(N2CCN(S(=O)(=O)c3ccc4c(n3)CCN4C(=O)c3ccccc3N(C)S(C)(=O)=O)CC2)n1. The molecule has 0 aliphatic carbocycles. The maximum atomic E-state index is 13.6. The summed E-state index contributed by atoms with van der Waals surface area (Å²) in [5.74, 6) is 5.93. The van der Waals surface area contributed by atoms with Gasteiger partial charge in [-0.25, -0.2) is 26.8 Å². The van der Waals surface area contributed by atoms with Crippen LogP contribution in [0.4, 0.5) is 17.3 Å². The van der Waals surface area contributed by atoms with Gasteiger partial charge in [0.15, 0.2) is 11.6 Å². The Labute approximate surface area is 262 Å². The van der Waals surface area contributed by atoms with Crippen LogP contribution < -0.4 is 24.6 Å². The minimum absolute atomic E-state index is 0.0951. The van der Waals surface area contributed by atoms with E-state index in [2.05, 4.69) is 26.8 Å². The Morgan fingerprint density at radius 3 is 2.44 bits per heavy atom. The van der Waals surface area contributed by atoms with Crippen LogP contribution in [0.5, 0.6) is 5.88 Å². The minimum Gasteiger partial charge on any atom is -0.464 e. The number of piperazine rings is 1. The summed E-state index contributed by atoms with van der Waals surface area (Å²) in [6.07, 6.45) is 1.42. The van der Waals surface area contributed by atoms with Gasteiger partial charge in [0.2, 0.25) is 21.9 Å². The van der Waals surface area contributed by atoms with E-state index in [1.165, 1.54) is 22.3 Å². The molecule has 45 heavy (non-hydrogen) atoms. The quantitative estimate of drug-likeness (QED) is 0.338. The molecular formula is C29H34N8O6S2. The Hall–Kier alpha value is -4.30. The maximum absolute atomic E-state index is 13.6. The molecule has 14 nitrogen and oxygen atoms in total. The molecule has 3 aromatic rings. The van der Waals surface area contributed by atoms with Gasteiger partial charge < -0.3 is 20.3 Å². The van der Waals surface area contributed by atoms with E-state index in [1.54, 1.807) is 36.4 Å². The van der Waals surface area contributed by atoms with E-state index in [0.717, 1.165) is 10.6 Å². The molecule has 5 rings (SSSR count). The van der Waals surface area contributed by atoms with Crippen molar-refractivity contribution in [1.29, 1.82) is 0 Å². The Kier molecular flexibility index (Phi) is 9.26. The van der Waals surface area contributed by atoms with Crippen LogP contribution in [-0.4, -0.2) is 101 Å². The predicted molar refractivity (Wildman–Crippen MR) is 169 cm³/mol.